The number of carbonyl (C=O) groups is 2. The first kappa shape index (κ1) is 17.1. The summed E-state index contributed by atoms with van der Waals surface area (Å²) in [7, 11) is 3.00. The van der Waals surface area contributed by atoms with Gasteiger partial charge in [-0.25, -0.2) is 4.79 Å². The number of amides is 1. The van der Waals surface area contributed by atoms with Crippen molar-refractivity contribution in [1.29, 1.82) is 0 Å². The lowest BCUT2D eigenvalue weighted by Gasteiger charge is -2.36. The van der Waals surface area contributed by atoms with E-state index in [2.05, 4.69) is 12.2 Å². The molecule has 23 heavy (non-hydrogen) atoms. The van der Waals surface area contributed by atoms with E-state index in [9.17, 15) is 14.7 Å². The molecule has 0 unspecified atom stereocenters. The standard InChI is InChI=1S/C17H23NO5/c1-11-4-6-17(7-5-11,16(20)21)18-15(19)12-8-13(22-2)10-14(9-12)23-3/h8-11H,4-7H2,1-3H3,(H,18,19)(H,20,21). The van der Waals surface area contributed by atoms with Crippen LogP contribution in [0.2, 0.25) is 0 Å². The first-order valence-electron chi connectivity index (χ1n) is 7.69. The summed E-state index contributed by atoms with van der Waals surface area (Å²) in [5, 5.41) is 12.3. The van der Waals surface area contributed by atoms with Gasteiger partial charge >= 0.3 is 5.97 Å². The lowest BCUT2D eigenvalue weighted by atomic mass is 9.77. The fraction of sp³-hybridized carbons (Fsp3) is 0.529. The van der Waals surface area contributed by atoms with Gasteiger partial charge in [0, 0.05) is 11.6 Å². The van der Waals surface area contributed by atoms with E-state index in [1.165, 1.54) is 14.2 Å². The monoisotopic (exact) mass is 321 g/mol. The second-order valence-electron chi connectivity index (χ2n) is 6.13. The fourth-order valence-corrected chi connectivity index (χ4v) is 2.88. The van der Waals surface area contributed by atoms with Gasteiger partial charge in [0.1, 0.15) is 17.0 Å². The predicted octanol–water partition coefficient (Wildman–Crippen LogP) is 2.47. The van der Waals surface area contributed by atoms with Crippen molar-refractivity contribution in [2.45, 2.75) is 38.1 Å². The van der Waals surface area contributed by atoms with Crippen LogP contribution in [0.3, 0.4) is 0 Å². The SMILES string of the molecule is COc1cc(OC)cc(C(=O)NC2(C(=O)O)CCC(C)CC2)c1. The molecule has 1 aliphatic carbocycles. The summed E-state index contributed by atoms with van der Waals surface area (Å²) in [6.07, 6.45) is 2.45. The number of carboxylic acids is 1. The van der Waals surface area contributed by atoms with Crippen LogP contribution in [-0.2, 0) is 4.79 Å². The highest BCUT2D eigenvalue weighted by atomic mass is 16.5. The normalized spacial score (nSPS) is 23.9. The summed E-state index contributed by atoms with van der Waals surface area (Å²) < 4.78 is 10.3. The Kier molecular flexibility index (Phi) is 5.13. The van der Waals surface area contributed by atoms with Crippen LogP contribution in [0.4, 0.5) is 0 Å². The quantitative estimate of drug-likeness (QED) is 0.870. The number of methoxy groups -OCH3 is 2. The summed E-state index contributed by atoms with van der Waals surface area (Å²) >= 11 is 0. The van der Waals surface area contributed by atoms with Crippen LogP contribution in [0.1, 0.15) is 43.0 Å². The van der Waals surface area contributed by atoms with Gasteiger partial charge in [-0.05, 0) is 43.7 Å². The summed E-state index contributed by atoms with van der Waals surface area (Å²) in [5.74, 6) is 0.0373. The Hall–Kier alpha value is -2.24. The molecule has 0 saturated heterocycles. The van der Waals surface area contributed by atoms with Crippen molar-refractivity contribution in [2.24, 2.45) is 5.92 Å². The highest BCUT2D eigenvalue weighted by molar-refractivity contribution is 5.98. The molecule has 0 aromatic heterocycles. The molecule has 1 fully saturated rings. The van der Waals surface area contributed by atoms with E-state index in [0.29, 0.717) is 35.8 Å². The molecule has 0 atom stereocenters. The summed E-state index contributed by atoms with van der Waals surface area (Å²) in [5.41, 5.74) is -0.875. The molecule has 1 aromatic rings. The number of carbonyl (C=O) groups excluding carboxylic acids is 1. The molecule has 1 amide bonds. The Balaban J connectivity index is 2.24. The van der Waals surface area contributed by atoms with E-state index >= 15 is 0 Å². The van der Waals surface area contributed by atoms with Crippen LogP contribution in [0.5, 0.6) is 11.5 Å². The van der Waals surface area contributed by atoms with Crippen LogP contribution in [-0.4, -0.2) is 36.7 Å². The number of carboxylic acid groups (broad SMARTS) is 1. The predicted molar refractivity (Wildman–Crippen MR) is 85.0 cm³/mol. The van der Waals surface area contributed by atoms with Gasteiger partial charge in [0.2, 0.25) is 0 Å². The third-order valence-corrected chi connectivity index (χ3v) is 4.50. The molecule has 1 saturated carbocycles. The van der Waals surface area contributed by atoms with Crippen molar-refractivity contribution in [1.82, 2.24) is 5.32 Å². The van der Waals surface area contributed by atoms with Crippen LogP contribution in [0.15, 0.2) is 18.2 Å². The van der Waals surface area contributed by atoms with E-state index in [0.717, 1.165) is 12.8 Å². The number of nitrogens with one attached hydrogen (secondary N) is 1. The Morgan fingerprint density at radius 3 is 2.09 bits per heavy atom. The Morgan fingerprint density at radius 1 is 1.13 bits per heavy atom. The second-order valence-corrected chi connectivity index (χ2v) is 6.13. The topological polar surface area (TPSA) is 84.9 Å². The lowest BCUT2D eigenvalue weighted by molar-refractivity contribution is -0.146. The van der Waals surface area contributed by atoms with Crippen LogP contribution < -0.4 is 14.8 Å². The molecule has 2 N–H and O–H groups in total. The van der Waals surface area contributed by atoms with Crippen molar-refractivity contribution in [2.75, 3.05) is 14.2 Å². The maximum Gasteiger partial charge on any atom is 0.329 e. The average molecular weight is 321 g/mol. The van der Waals surface area contributed by atoms with E-state index in [1.807, 2.05) is 0 Å². The molecule has 0 bridgehead atoms. The minimum atomic E-state index is -1.19. The molecular formula is C17H23NO5. The van der Waals surface area contributed by atoms with Gasteiger partial charge in [-0.15, -0.1) is 0 Å². The molecule has 0 heterocycles. The average Bonchev–Trinajstić information content (AvgIpc) is 2.56. The van der Waals surface area contributed by atoms with Gasteiger partial charge in [0.15, 0.2) is 0 Å². The van der Waals surface area contributed by atoms with Gasteiger partial charge in [0.05, 0.1) is 14.2 Å². The summed E-state index contributed by atoms with van der Waals surface area (Å²) in [4.78, 5) is 24.3. The number of aliphatic carboxylic acids is 1. The minimum absolute atomic E-state index is 0.320. The third-order valence-electron chi connectivity index (χ3n) is 4.50. The number of benzene rings is 1. The van der Waals surface area contributed by atoms with Crippen molar-refractivity contribution < 1.29 is 24.2 Å². The first-order valence-corrected chi connectivity index (χ1v) is 7.69. The number of hydrogen-bond acceptors (Lipinski definition) is 4. The Bertz CT molecular complexity index is 568. The molecule has 6 nitrogen and oxygen atoms in total. The van der Waals surface area contributed by atoms with Crippen molar-refractivity contribution >= 4 is 11.9 Å². The molecule has 0 aliphatic heterocycles. The number of hydrogen-bond donors (Lipinski definition) is 2. The highest BCUT2D eigenvalue weighted by Gasteiger charge is 2.42. The number of rotatable bonds is 5. The Labute approximate surface area is 135 Å². The van der Waals surface area contributed by atoms with E-state index in [1.54, 1.807) is 18.2 Å². The van der Waals surface area contributed by atoms with Gasteiger partial charge in [-0.2, -0.15) is 0 Å². The molecule has 1 aliphatic rings. The lowest BCUT2D eigenvalue weighted by Crippen LogP contribution is -2.56. The second kappa shape index (κ2) is 6.89. The zero-order valence-electron chi connectivity index (χ0n) is 13.7. The molecular weight excluding hydrogens is 298 g/mol. The fourth-order valence-electron chi connectivity index (χ4n) is 2.88. The zero-order chi connectivity index (χ0) is 17.0. The van der Waals surface area contributed by atoms with E-state index in [4.69, 9.17) is 9.47 Å². The Morgan fingerprint density at radius 2 is 1.65 bits per heavy atom. The maximum atomic E-state index is 12.6. The van der Waals surface area contributed by atoms with Crippen LogP contribution >= 0.6 is 0 Å². The van der Waals surface area contributed by atoms with Crippen molar-refractivity contribution in [3.8, 4) is 11.5 Å². The molecule has 0 spiro atoms. The van der Waals surface area contributed by atoms with E-state index in [-0.39, 0.29) is 0 Å². The summed E-state index contributed by atoms with van der Waals surface area (Å²) in [6.45, 7) is 2.10. The number of ether oxygens (including phenoxy) is 2. The van der Waals surface area contributed by atoms with Gasteiger partial charge in [-0.1, -0.05) is 6.92 Å². The van der Waals surface area contributed by atoms with Crippen molar-refractivity contribution in [3.63, 3.8) is 0 Å². The molecule has 1 aromatic carbocycles. The minimum Gasteiger partial charge on any atom is -0.497 e. The summed E-state index contributed by atoms with van der Waals surface area (Å²) in [6, 6.07) is 4.80. The molecule has 2 rings (SSSR count). The first-order chi connectivity index (χ1) is 10.9. The van der Waals surface area contributed by atoms with Gasteiger partial charge in [-0.3, -0.25) is 4.79 Å². The van der Waals surface area contributed by atoms with Crippen LogP contribution in [0, 0.1) is 5.92 Å². The van der Waals surface area contributed by atoms with Gasteiger partial charge in [0.25, 0.3) is 5.91 Å². The van der Waals surface area contributed by atoms with E-state index < -0.39 is 17.4 Å². The van der Waals surface area contributed by atoms with Crippen molar-refractivity contribution in [3.05, 3.63) is 23.8 Å². The smallest absolute Gasteiger partial charge is 0.329 e. The third kappa shape index (κ3) is 3.75. The highest BCUT2D eigenvalue weighted by Crippen LogP contribution is 2.33. The van der Waals surface area contributed by atoms with Gasteiger partial charge < -0.3 is 19.9 Å². The molecule has 126 valence electrons. The maximum absolute atomic E-state index is 12.6. The van der Waals surface area contributed by atoms with Crippen LogP contribution in [0.25, 0.3) is 0 Å². The largest absolute Gasteiger partial charge is 0.497 e. The molecule has 0 radical (unpaired) electrons. The zero-order valence-corrected chi connectivity index (χ0v) is 13.7. The molecule has 6 heteroatoms.